The van der Waals surface area contributed by atoms with E-state index in [0.29, 0.717) is 24.6 Å². The number of rotatable bonds is 6. The van der Waals surface area contributed by atoms with Crippen LogP contribution >= 0.6 is 0 Å². The molecule has 1 saturated heterocycles. The highest BCUT2D eigenvalue weighted by Gasteiger charge is 2.25. The Balaban J connectivity index is 1.35. The molecule has 1 aliphatic heterocycles. The number of carbonyl (C=O) groups is 2. The Morgan fingerprint density at radius 3 is 2.56 bits per heavy atom. The lowest BCUT2D eigenvalue weighted by Gasteiger charge is -2.31. The van der Waals surface area contributed by atoms with E-state index in [-0.39, 0.29) is 17.7 Å². The van der Waals surface area contributed by atoms with Crippen molar-refractivity contribution in [3.63, 3.8) is 0 Å². The van der Waals surface area contributed by atoms with Crippen molar-refractivity contribution in [3.8, 4) is 0 Å². The van der Waals surface area contributed by atoms with Crippen LogP contribution in [0.4, 0.5) is 5.95 Å². The maximum absolute atomic E-state index is 12.2. The first-order valence-corrected chi connectivity index (χ1v) is 8.34. The van der Waals surface area contributed by atoms with E-state index in [1.807, 2.05) is 0 Å². The lowest BCUT2D eigenvalue weighted by molar-refractivity contribution is -0.125. The van der Waals surface area contributed by atoms with Gasteiger partial charge in [-0.15, -0.1) is 0 Å². The first-order valence-electron chi connectivity index (χ1n) is 8.34. The average Bonchev–Trinajstić information content (AvgIpc) is 3.21. The maximum Gasteiger partial charge on any atom is 0.254 e. The normalized spacial score (nSPS) is 15.0. The van der Waals surface area contributed by atoms with Crippen LogP contribution in [0.5, 0.6) is 0 Å². The quantitative estimate of drug-likeness (QED) is 0.754. The second-order valence-corrected chi connectivity index (χ2v) is 5.87. The summed E-state index contributed by atoms with van der Waals surface area (Å²) in [5.74, 6) is 0.526. The third-order valence-electron chi connectivity index (χ3n) is 4.19. The molecule has 2 aromatic heterocycles. The van der Waals surface area contributed by atoms with Gasteiger partial charge in [-0.2, -0.15) is 0 Å². The van der Waals surface area contributed by atoms with E-state index in [9.17, 15) is 9.59 Å². The second kappa shape index (κ2) is 8.27. The number of carbonyl (C=O) groups excluding carboxylic acids is 2. The minimum absolute atomic E-state index is 0.00969. The van der Waals surface area contributed by atoms with Crippen molar-refractivity contribution in [1.29, 1.82) is 0 Å². The van der Waals surface area contributed by atoms with Crippen molar-refractivity contribution in [2.24, 2.45) is 5.92 Å². The van der Waals surface area contributed by atoms with Crippen LogP contribution in [0.15, 0.2) is 41.5 Å². The molecular formula is C17H21N5O3. The number of amides is 2. The van der Waals surface area contributed by atoms with Gasteiger partial charge in [-0.25, -0.2) is 9.97 Å². The van der Waals surface area contributed by atoms with Crippen LogP contribution in [0.1, 0.15) is 23.2 Å². The van der Waals surface area contributed by atoms with Gasteiger partial charge >= 0.3 is 0 Å². The van der Waals surface area contributed by atoms with E-state index in [1.165, 1.54) is 12.5 Å². The lowest BCUT2D eigenvalue weighted by atomic mass is 9.96. The molecule has 25 heavy (non-hydrogen) atoms. The monoisotopic (exact) mass is 343 g/mol. The number of nitrogens with one attached hydrogen (secondary N) is 2. The molecule has 0 atom stereocenters. The summed E-state index contributed by atoms with van der Waals surface area (Å²) >= 11 is 0. The van der Waals surface area contributed by atoms with Crippen LogP contribution in [0.25, 0.3) is 0 Å². The minimum atomic E-state index is -0.209. The highest BCUT2D eigenvalue weighted by molar-refractivity contribution is 5.93. The van der Waals surface area contributed by atoms with E-state index >= 15 is 0 Å². The minimum Gasteiger partial charge on any atom is -0.472 e. The molecule has 0 spiro atoms. The molecule has 1 aliphatic rings. The molecule has 0 bridgehead atoms. The summed E-state index contributed by atoms with van der Waals surface area (Å²) in [7, 11) is 0. The SMILES string of the molecule is O=C(NCCNC(=O)C1CCN(c2ncccn2)CC1)c1ccoc1. The summed E-state index contributed by atoms with van der Waals surface area (Å²) in [6.07, 6.45) is 7.82. The number of furan rings is 1. The van der Waals surface area contributed by atoms with Crippen LogP contribution in [0.2, 0.25) is 0 Å². The Labute approximate surface area is 145 Å². The predicted octanol–water partition coefficient (Wildman–Crippen LogP) is 0.832. The summed E-state index contributed by atoms with van der Waals surface area (Å²) < 4.78 is 4.86. The number of aromatic nitrogens is 2. The van der Waals surface area contributed by atoms with E-state index in [1.54, 1.807) is 24.5 Å². The van der Waals surface area contributed by atoms with Gasteiger partial charge in [0.2, 0.25) is 11.9 Å². The summed E-state index contributed by atoms with van der Waals surface area (Å²) in [6, 6.07) is 3.38. The van der Waals surface area contributed by atoms with Gasteiger partial charge in [0.05, 0.1) is 11.8 Å². The first kappa shape index (κ1) is 16.9. The van der Waals surface area contributed by atoms with Gasteiger partial charge < -0.3 is 20.0 Å². The first-order chi connectivity index (χ1) is 12.2. The largest absolute Gasteiger partial charge is 0.472 e. The number of piperidine rings is 1. The fraction of sp³-hybridized carbons (Fsp3) is 0.412. The van der Waals surface area contributed by atoms with Crippen LogP contribution in [0.3, 0.4) is 0 Å². The van der Waals surface area contributed by atoms with Crippen molar-refractivity contribution >= 4 is 17.8 Å². The molecule has 0 unspecified atom stereocenters. The van der Waals surface area contributed by atoms with Crippen molar-refractivity contribution in [2.75, 3.05) is 31.1 Å². The van der Waals surface area contributed by atoms with E-state index in [2.05, 4.69) is 25.5 Å². The summed E-state index contributed by atoms with van der Waals surface area (Å²) in [5.41, 5.74) is 0.474. The molecule has 0 radical (unpaired) electrons. The van der Waals surface area contributed by atoms with E-state index in [0.717, 1.165) is 25.9 Å². The maximum atomic E-state index is 12.2. The number of nitrogens with zero attached hydrogens (tertiary/aromatic N) is 3. The van der Waals surface area contributed by atoms with Crippen LogP contribution in [-0.2, 0) is 4.79 Å². The molecule has 8 nitrogen and oxygen atoms in total. The number of hydrogen-bond donors (Lipinski definition) is 2. The van der Waals surface area contributed by atoms with Gasteiger partial charge in [-0.05, 0) is 25.0 Å². The Morgan fingerprint density at radius 2 is 1.88 bits per heavy atom. The van der Waals surface area contributed by atoms with Gasteiger partial charge in [0.15, 0.2) is 0 Å². The molecule has 0 aromatic carbocycles. The van der Waals surface area contributed by atoms with Crippen molar-refractivity contribution in [2.45, 2.75) is 12.8 Å². The molecule has 0 aliphatic carbocycles. The topological polar surface area (TPSA) is 100 Å². The third-order valence-corrected chi connectivity index (χ3v) is 4.19. The Morgan fingerprint density at radius 1 is 1.16 bits per heavy atom. The smallest absolute Gasteiger partial charge is 0.254 e. The summed E-state index contributed by atoms with van der Waals surface area (Å²) in [4.78, 5) is 34.5. The number of anilines is 1. The standard InChI is InChI=1S/C17H21N5O3/c23-15(18-7-8-19-16(24)14-4-11-25-12-14)13-2-9-22(10-3-13)17-20-5-1-6-21-17/h1,4-6,11-13H,2-3,7-10H2,(H,18,23)(H,19,24). The van der Waals surface area contributed by atoms with Crippen LogP contribution in [-0.4, -0.2) is 48.0 Å². The highest BCUT2D eigenvalue weighted by atomic mass is 16.3. The van der Waals surface area contributed by atoms with Gasteiger partial charge in [0.1, 0.15) is 6.26 Å². The molecule has 2 aromatic rings. The zero-order valence-corrected chi connectivity index (χ0v) is 13.9. The molecule has 1 fully saturated rings. The zero-order chi connectivity index (χ0) is 17.5. The Kier molecular flexibility index (Phi) is 5.61. The van der Waals surface area contributed by atoms with Gasteiger partial charge in [-0.1, -0.05) is 0 Å². The number of hydrogen-bond acceptors (Lipinski definition) is 6. The lowest BCUT2D eigenvalue weighted by Crippen LogP contribution is -2.43. The van der Waals surface area contributed by atoms with Crippen molar-refractivity contribution < 1.29 is 14.0 Å². The van der Waals surface area contributed by atoms with E-state index in [4.69, 9.17) is 4.42 Å². The zero-order valence-electron chi connectivity index (χ0n) is 13.9. The Bertz CT molecular complexity index is 682. The summed E-state index contributed by atoms with van der Waals surface area (Å²) in [6.45, 7) is 2.32. The molecule has 3 heterocycles. The molecule has 2 N–H and O–H groups in total. The molecule has 3 rings (SSSR count). The van der Waals surface area contributed by atoms with Gasteiger partial charge in [-0.3, -0.25) is 9.59 Å². The highest BCUT2D eigenvalue weighted by Crippen LogP contribution is 2.20. The molecule has 2 amide bonds. The molecular weight excluding hydrogens is 322 g/mol. The fourth-order valence-corrected chi connectivity index (χ4v) is 2.80. The summed E-state index contributed by atoms with van der Waals surface area (Å²) in [5, 5.41) is 5.61. The predicted molar refractivity (Wildman–Crippen MR) is 91.0 cm³/mol. The third kappa shape index (κ3) is 4.56. The second-order valence-electron chi connectivity index (χ2n) is 5.87. The van der Waals surface area contributed by atoms with Crippen molar-refractivity contribution in [1.82, 2.24) is 20.6 Å². The molecule has 8 heteroatoms. The van der Waals surface area contributed by atoms with Crippen LogP contribution in [0, 0.1) is 5.92 Å². The van der Waals surface area contributed by atoms with Crippen molar-refractivity contribution in [3.05, 3.63) is 42.6 Å². The molecule has 132 valence electrons. The van der Waals surface area contributed by atoms with Gasteiger partial charge in [0.25, 0.3) is 5.91 Å². The Hall–Kier alpha value is -2.90. The van der Waals surface area contributed by atoms with E-state index < -0.39 is 0 Å². The average molecular weight is 343 g/mol. The van der Waals surface area contributed by atoms with Crippen LogP contribution < -0.4 is 15.5 Å². The van der Waals surface area contributed by atoms with Gasteiger partial charge in [0, 0.05) is 44.5 Å². The molecule has 0 saturated carbocycles. The fourth-order valence-electron chi connectivity index (χ4n) is 2.80.